The summed E-state index contributed by atoms with van der Waals surface area (Å²) in [6, 6.07) is 9.58. The van der Waals surface area contributed by atoms with Gasteiger partial charge in [0.1, 0.15) is 0 Å². The zero-order valence-electron chi connectivity index (χ0n) is 11.4. The van der Waals surface area contributed by atoms with Crippen LogP contribution in [-0.2, 0) is 6.54 Å². The van der Waals surface area contributed by atoms with E-state index in [9.17, 15) is 0 Å². The molecule has 1 aromatic rings. The third kappa shape index (κ3) is 3.85. The van der Waals surface area contributed by atoms with E-state index in [2.05, 4.69) is 50.4 Å². The second-order valence-electron chi connectivity index (χ2n) is 6.30. The number of benzene rings is 1. The highest BCUT2D eigenvalue weighted by Gasteiger charge is 2.26. The molecule has 94 valence electrons. The van der Waals surface area contributed by atoms with E-state index in [1.165, 1.54) is 36.8 Å². The highest BCUT2D eigenvalue weighted by Crippen LogP contribution is 2.35. The summed E-state index contributed by atoms with van der Waals surface area (Å²) in [5, 5.41) is 3.70. The first-order valence-corrected chi connectivity index (χ1v) is 6.84. The van der Waals surface area contributed by atoms with E-state index in [0.717, 1.165) is 12.6 Å². The fourth-order valence-electron chi connectivity index (χ4n) is 2.57. The summed E-state index contributed by atoms with van der Waals surface area (Å²) < 4.78 is 0. The van der Waals surface area contributed by atoms with Gasteiger partial charge in [-0.1, -0.05) is 43.7 Å². The van der Waals surface area contributed by atoms with E-state index in [1.54, 1.807) is 0 Å². The van der Waals surface area contributed by atoms with Crippen LogP contribution in [0.1, 0.15) is 50.7 Å². The number of hydrogen-bond acceptors (Lipinski definition) is 1. The van der Waals surface area contributed by atoms with Crippen molar-refractivity contribution in [1.29, 1.82) is 0 Å². The first-order valence-electron chi connectivity index (χ1n) is 6.84. The third-order valence-corrected chi connectivity index (χ3v) is 4.05. The molecule has 2 rings (SSSR count). The van der Waals surface area contributed by atoms with Crippen molar-refractivity contribution < 1.29 is 0 Å². The lowest BCUT2D eigenvalue weighted by molar-refractivity contribution is 0.206. The Hall–Kier alpha value is -0.820. The molecule has 1 aliphatic rings. The maximum atomic E-state index is 3.70. The van der Waals surface area contributed by atoms with Gasteiger partial charge in [-0.2, -0.15) is 0 Å². The highest BCUT2D eigenvalue weighted by atomic mass is 14.9. The summed E-state index contributed by atoms with van der Waals surface area (Å²) in [5.74, 6) is 0. The standard InChI is InChI=1S/C16H25N/c1-13-4-6-14(7-5-13)12-17-15-8-10-16(2,3)11-9-15/h4-7,15,17H,8-12H2,1-3H3. The number of rotatable bonds is 3. The van der Waals surface area contributed by atoms with Crippen LogP contribution >= 0.6 is 0 Å². The van der Waals surface area contributed by atoms with Crippen LogP contribution < -0.4 is 5.32 Å². The van der Waals surface area contributed by atoms with E-state index < -0.39 is 0 Å². The minimum absolute atomic E-state index is 0.571. The fraction of sp³-hybridized carbons (Fsp3) is 0.625. The Bertz CT molecular complexity index is 340. The van der Waals surface area contributed by atoms with Gasteiger partial charge in [-0.05, 0) is 43.6 Å². The highest BCUT2D eigenvalue weighted by molar-refractivity contribution is 5.21. The van der Waals surface area contributed by atoms with Crippen molar-refractivity contribution in [2.24, 2.45) is 5.41 Å². The van der Waals surface area contributed by atoms with Crippen LogP contribution in [0.5, 0.6) is 0 Å². The summed E-state index contributed by atoms with van der Waals surface area (Å²) >= 11 is 0. The van der Waals surface area contributed by atoms with Crippen molar-refractivity contribution in [3.63, 3.8) is 0 Å². The lowest BCUT2D eigenvalue weighted by Crippen LogP contribution is -2.35. The summed E-state index contributed by atoms with van der Waals surface area (Å²) in [6.07, 6.45) is 5.38. The smallest absolute Gasteiger partial charge is 0.0208 e. The molecule has 17 heavy (non-hydrogen) atoms. The van der Waals surface area contributed by atoms with Crippen LogP contribution in [0.4, 0.5) is 0 Å². The van der Waals surface area contributed by atoms with Gasteiger partial charge in [0.25, 0.3) is 0 Å². The number of nitrogens with one attached hydrogen (secondary N) is 1. The van der Waals surface area contributed by atoms with Crippen molar-refractivity contribution in [3.8, 4) is 0 Å². The number of hydrogen-bond donors (Lipinski definition) is 1. The molecule has 0 heterocycles. The summed E-state index contributed by atoms with van der Waals surface area (Å²) in [7, 11) is 0. The Morgan fingerprint density at radius 1 is 1.12 bits per heavy atom. The molecule has 1 heteroatoms. The lowest BCUT2D eigenvalue weighted by atomic mass is 9.75. The van der Waals surface area contributed by atoms with Gasteiger partial charge in [0.15, 0.2) is 0 Å². The normalized spacial score (nSPS) is 20.4. The molecule has 1 fully saturated rings. The van der Waals surface area contributed by atoms with Crippen LogP contribution in [0.25, 0.3) is 0 Å². The van der Waals surface area contributed by atoms with Crippen molar-refractivity contribution in [2.45, 2.75) is 59.0 Å². The SMILES string of the molecule is Cc1ccc(CNC2CCC(C)(C)CC2)cc1. The van der Waals surface area contributed by atoms with Crippen LogP contribution in [-0.4, -0.2) is 6.04 Å². The molecule has 1 aliphatic carbocycles. The molecule has 1 saturated carbocycles. The fourth-order valence-corrected chi connectivity index (χ4v) is 2.57. The van der Waals surface area contributed by atoms with Gasteiger partial charge in [-0.3, -0.25) is 0 Å². The van der Waals surface area contributed by atoms with E-state index in [4.69, 9.17) is 0 Å². The van der Waals surface area contributed by atoms with Gasteiger partial charge in [0, 0.05) is 12.6 Å². The van der Waals surface area contributed by atoms with E-state index in [-0.39, 0.29) is 0 Å². The quantitative estimate of drug-likeness (QED) is 0.827. The van der Waals surface area contributed by atoms with Gasteiger partial charge < -0.3 is 5.32 Å². The third-order valence-electron chi connectivity index (χ3n) is 4.05. The second-order valence-corrected chi connectivity index (χ2v) is 6.30. The maximum Gasteiger partial charge on any atom is 0.0208 e. The predicted octanol–water partition coefficient (Wildman–Crippen LogP) is 4.05. The van der Waals surface area contributed by atoms with Crippen molar-refractivity contribution >= 4 is 0 Å². The molecule has 0 bridgehead atoms. The second kappa shape index (κ2) is 5.22. The molecule has 0 saturated heterocycles. The van der Waals surface area contributed by atoms with Gasteiger partial charge in [0.2, 0.25) is 0 Å². The first-order chi connectivity index (χ1) is 8.05. The molecule has 0 atom stereocenters. The number of aryl methyl sites for hydroxylation is 1. The van der Waals surface area contributed by atoms with Crippen LogP contribution in [0.2, 0.25) is 0 Å². The largest absolute Gasteiger partial charge is 0.310 e. The van der Waals surface area contributed by atoms with Gasteiger partial charge >= 0.3 is 0 Å². The molecule has 0 spiro atoms. The molecule has 0 radical (unpaired) electrons. The van der Waals surface area contributed by atoms with Crippen molar-refractivity contribution in [2.75, 3.05) is 0 Å². The molecule has 1 N–H and O–H groups in total. The van der Waals surface area contributed by atoms with Crippen LogP contribution in [0.3, 0.4) is 0 Å². The van der Waals surface area contributed by atoms with E-state index in [0.29, 0.717) is 5.41 Å². The Morgan fingerprint density at radius 3 is 2.29 bits per heavy atom. The van der Waals surface area contributed by atoms with Crippen LogP contribution in [0, 0.1) is 12.3 Å². The Balaban J connectivity index is 1.78. The molecule has 1 aromatic carbocycles. The molecule has 1 nitrogen and oxygen atoms in total. The maximum absolute atomic E-state index is 3.70. The van der Waals surface area contributed by atoms with E-state index in [1.807, 2.05) is 0 Å². The Kier molecular flexibility index (Phi) is 3.88. The lowest BCUT2D eigenvalue weighted by Gasteiger charge is -2.34. The van der Waals surface area contributed by atoms with Gasteiger partial charge in [0.05, 0.1) is 0 Å². The van der Waals surface area contributed by atoms with Gasteiger partial charge in [-0.15, -0.1) is 0 Å². The zero-order chi connectivity index (χ0) is 12.3. The average molecular weight is 231 g/mol. The van der Waals surface area contributed by atoms with E-state index >= 15 is 0 Å². The summed E-state index contributed by atoms with van der Waals surface area (Å²) in [4.78, 5) is 0. The monoisotopic (exact) mass is 231 g/mol. The van der Waals surface area contributed by atoms with Crippen molar-refractivity contribution in [1.82, 2.24) is 5.32 Å². The molecule has 0 unspecified atom stereocenters. The molecule has 0 aromatic heterocycles. The van der Waals surface area contributed by atoms with Gasteiger partial charge in [-0.25, -0.2) is 0 Å². The minimum atomic E-state index is 0.571. The summed E-state index contributed by atoms with van der Waals surface area (Å²) in [6.45, 7) is 7.94. The molecule has 0 amide bonds. The van der Waals surface area contributed by atoms with Crippen LogP contribution in [0.15, 0.2) is 24.3 Å². The molecular weight excluding hydrogens is 206 g/mol. The zero-order valence-corrected chi connectivity index (χ0v) is 11.4. The topological polar surface area (TPSA) is 12.0 Å². The predicted molar refractivity (Wildman–Crippen MR) is 74.1 cm³/mol. The van der Waals surface area contributed by atoms with Crippen molar-refractivity contribution in [3.05, 3.63) is 35.4 Å². The minimum Gasteiger partial charge on any atom is -0.310 e. The first kappa shape index (κ1) is 12.6. The Labute approximate surface area is 106 Å². The average Bonchev–Trinajstić information content (AvgIpc) is 2.30. The Morgan fingerprint density at radius 2 is 1.71 bits per heavy atom. The summed E-state index contributed by atoms with van der Waals surface area (Å²) in [5.41, 5.74) is 3.32. The molecular formula is C16H25N. The molecule has 0 aliphatic heterocycles.